The maximum atomic E-state index is 12.4. The molecule has 37 heavy (non-hydrogen) atoms. The molecule has 3 aromatic carbocycles. The van der Waals surface area contributed by atoms with Crippen LogP contribution in [0.15, 0.2) is 66.7 Å². The Hall–Kier alpha value is -3.88. The first-order valence-electron chi connectivity index (χ1n) is 11.6. The van der Waals surface area contributed by atoms with E-state index in [0.717, 1.165) is 17.7 Å². The van der Waals surface area contributed by atoms with Gasteiger partial charge in [-0.2, -0.15) is 0 Å². The number of rotatable bonds is 10. The SMILES string of the molecule is CCOC(=O)COc1cc(Oc2ccc(OC(F)(F)F)cc2)ccc1OCc1ccc(C(C)(C)C)cc1. The molecule has 0 aliphatic heterocycles. The molecule has 0 aliphatic carbocycles. The Labute approximate surface area is 213 Å². The molecule has 0 bridgehead atoms. The molecule has 0 aliphatic rings. The van der Waals surface area contributed by atoms with Gasteiger partial charge < -0.3 is 23.7 Å². The minimum Gasteiger partial charge on any atom is -0.485 e. The minimum absolute atomic E-state index is 0.0367. The van der Waals surface area contributed by atoms with Gasteiger partial charge in [-0.1, -0.05) is 45.0 Å². The molecular weight excluding hydrogens is 489 g/mol. The van der Waals surface area contributed by atoms with Crippen molar-refractivity contribution in [3.63, 3.8) is 0 Å². The van der Waals surface area contributed by atoms with Crippen LogP contribution in [0.4, 0.5) is 13.2 Å². The van der Waals surface area contributed by atoms with E-state index < -0.39 is 12.3 Å². The maximum Gasteiger partial charge on any atom is 0.573 e. The Morgan fingerprint density at radius 2 is 1.41 bits per heavy atom. The number of alkyl halides is 3. The quantitative estimate of drug-likeness (QED) is 0.265. The second kappa shape index (κ2) is 11.9. The van der Waals surface area contributed by atoms with Crippen LogP contribution in [-0.4, -0.2) is 25.5 Å². The average Bonchev–Trinajstić information content (AvgIpc) is 2.82. The Kier molecular flexibility index (Phi) is 8.91. The Bertz CT molecular complexity index is 1170. The molecule has 0 N–H and O–H groups in total. The molecule has 198 valence electrons. The third kappa shape index (κ3) is 8.93. The third-order valence-electron chi connectivity index (χ3n) is 5.07. The first kappa shape index (κ1) is 27.7. The zero-order valence-electron chi connectivity index (χ0n) is 21.1. The first-order valence-corrected chi connectivity index (χ1v) is 11.6. The fraction of sp³-hybridized carbons (Fsp3) is 0.321. The zero-order valence-corrected chi connectivity index (χ0v) is 21.1. The summed E-state index contributed by atoms with van der Waals surface area (Å²) in [7, 11) is 0. The van der Waals surface area contributed by atoms with E-state index in [1.54, 1.807) is 19.1 Å². The van der Waals surface area contributed by atoms with Crippen LogP contribution in [0.2, 0.25) is 0 Å². The molecule has 3 aromatic rings. The lowest BCUT2D eigenvalue weighted by molar-refractivity contribution is -0.274. The number of benzene rings is 3. The maximum absolute atomic E-state index is 12.4. The first-order chi connectivity index (χ1) is 17.4. The standard InChI is InChI=1S/C28H29F3O6/c1-5-33-26(32)18-35-25-16-23(36-21-10-12-22(13-11-21)37-28(29,30)31)14-15-24(25)34-17-19-6-8-20(9-7-19)27(2,3)4/h6-16H,5,17-18H2,1-4H3. The molecule has 0 fully saturated rings. The fourth-order valence-corrected chi connectivity index (χ4v) is 3.23. The van der Waals surface area contributed by atoms with E-state index in [2.05, 4.69) is 37.6 Å². The van der Waals surface area contributed by atoms with E-state index in [1.165, 1.54) is 23.8 Å². The third-order valence-corrected chi connectivity index (χ3v) is 5.07. The largest absolute Gasteiger partial charge is 0.573 e. The Morgan fingerprint density at radius 1 is 0.784 bits per heavy atom. The van der Waals surface area contributed by atoms with E-state index in [0.29, 0.717) is 11.5 Å². The topological polar surface area (TPSA) is 63.2 Å². The number of hydrogen-bond donors (Lipinski definition) is 0. The van der Waals surface area contributed by atoms with Gasteiger partial charge in [-0.05, 0) is 59.9 Å². The molecule has 0 spiro atoms. The van der Waals surface area contributed by atoms with Gasteiger partial charge >= 0.3 is 12.3 Å². The van der Waals surface area contributed by atoms with E-state index in [1.807, 2.05) is 12.1 Å². The van der Waals surface area contributed by atoms with Crippen LogP contribution < -0.4 is 18.9 Å². The predicted molar refractivity (Wildman–Crippen MR) is 131 cm³/mol. The van der Waals surface area contributed by atoms with Crippen LogP contribution in [-0.2, 0) is 21.6 Å². The number of esters is 1. The highest BCUT2D eigenvalue weighted by Gasteiger charge is 2.31. The van der Waals surface area contributed by atoms with Crippen molar-refractivity contribution in [2.24, 2.45) is 0 Å². The highest BCUT2D eigenvalue weighted by atomic mass is 19.4. The van der Waals surface area contributed by atoms with Crippen molar-refractivity contribution < 1.29 is 41.7 Å². The second-order valence-electron chi connectivity index (χ2n) is 9.06. The lowest BCUT2D eigenvalue weighted by Crippen LogP contribution is -2.16. The predicted octanol–water partition coefficient (Wildman–Crippen LogP) is 7.20. The van der Waals surface area contributed by atoms with Crippen LogP contribution in [0.1, 0.15) is 38.8 Å². The summed E-state index contributed by atoms with van der Waals surface area (Å²) in [5.74, 6) is 0.318. The summed E-state index contributed by atoms with van der Waals surface area (Å²) in [6.45, 7) is 8.25. The molecule has 0 atom stereocenters. The minimum atomic E-state index is -4.78. The van der Waals surface area contributed by atoms with Gasteiger partial charge in [0.15, 0.2) is 18.1 Å². The molecule has 0 unspecified atom stereocenters. The summed E-state index contributed by atoms with van der Waals surface area (Å²) < 4.78 is 63.2. The van der Waals surface area contributed by atoms with Gasteiger partial charge in [0.25, 0.3) is 0 Å². The van der Waals surface area contributed by atoms with Gasteiger partial charge in [0.05, 0.1) is 6.61 Å². The van der Waals surface area contributed by atoms with Gasteiger partial charge in [0.1, 0.15) is 23.9 Å². The molecule has 0 amide bonds. The Balaban J connectivity index is 1.74. The summed E-state index contributed by atoms with van der Waals surface area (Å²) in [4.78, 5) is 11.8. The number of halogens is 3. The molecular formula is C28H29F3O6. The molecule has 0 saturated heterocycles. The van der Waals surface area contributed by atoms with Crippen molar-refractivity contribution in [2.75, 3.05) is 13.2 Å². The van der Waals surface area contributed by atoms with Crippen LogP contribution in [0.3, 0.4) is 0 Å². The van der Waals surface area contributed by atoms with Crippen molar-refractivity contribution in [3.05, 3.63) is 77.9 Å². The summed E-state index contributed by atoms with van der Waals surface area (Å²) in [5.41, 5.74) is 2.19. The highest BCUT2D eigenvalue weighted by Crippen LogP contribution is 2.35. The van der Waals surface area contributed by atoms with Crippen LogP contribution in [0, 0.1) is 0 Å². The van der Waals surface area contributed by atoms with Crippen LogP contribution in [0.5, 0.6) is 28.7 Å². The van der Waals surface area contributed by atoms with Gasteiger partial charge in [0, 0.05) is 6.07 Å². The smallest absolute Gasteiger partial charge is 0.485 e. The van der Waals surface area contributed by atoms with Crippen molar-refractivity contribution >= 4 is 5.97 Å². The van der Waals surface area contributed by atoms with Gasteiger partial charge in [-0.3, -0.25) is 0 Å². The Morgan fingerprint density at radius 3 is 2.00 bits per heavy atom. The fourth-order valence-electron chi connectivity index (χ4n) is 3.23. The van der Waals surface area contributed by atoms with E-state index in [9.17, 15) is 18.0 Å². The molecule has 0 radical (unpaired) electrons. The molecule has 0 aromatic heterocycles. The highest BCUT2D eigenvalue weighted by molar-refractivity contribution is 5.71. The summed E-state index contributed by atoms with van der Waals surface area (Å²) in [6.07, 6.45) is -4.78. The molecule has 0 saturated carbocycles. The summed E-state index contributed by atoms with van der Waals surface area (Å²) in [6, 6.07) is 17.8. The van der Waals surface area contributed by atoms with E-state index in [4.69, 9.17) is 18.9 Å². The number of carbonyl (C=O) groups is 1. The monoisotopic (exact) mass is 518 g/mol. The lowest BCUT2D eigenvalue weighted by atomic mass is 9.87. The lowest BCUT2D eigenvalue weighted by Gasteiger charge is -2.19. The van der Waals surface area contributed by atoms with E-state index >= 15 is 0 Å². The van der Waals surface area contributed by atoms with Crippen molar-refractivity contribution in [1.29, 1.82) is 0 Å². The molecule has 9 heteroatoms. The molecule has 0 heterocycles. The normalized spacial score (nSPS) is 11.5. The van der Waals surface area contributed by atoms with Crippen molar-refractivity contribution in [1.82, 2.24) is 0 Å². The van der Waals surface area contributed by atoms with Crippen molar-refractivity contribution in [3.8, 4) is 28.7 Å². The summed E-state index contributed by atoms with van der Waals surface area (Å²) >= 11 is 0. The molecule has 3 rings (SSSR count). The number of hydrogen-bond acceptors (Lipinski definition) is 6. The summed E-state index contributed by atoms with van der Waals surface area (Å²) in [5, 5.41) is 0. The molecule has 6 nitrogen and oxygen atoms in total. The number of carbonyl (C=O) groups excluding carboxylic acids is 1. The average molecular weight is 519 g/mol. The van der Waals surface area contributed by atoms with E-state index in [-0.39, 0.29) is 42.5 Å². The van der Waals surface area contributed by atoms with Crippen molar-refractivity contribution in [2.45, 2.75) is 46.1 Å². The van der Waals surface area contributed by atoms with Crippen LogP contribution >= 0.6 is 0 Å². The van der Waals surface area contributed by atoms with Gasteiger partial charge in [0.2, 0.25) is 0 Å². The second-order valence-corrected chi connectivity index (χ2v) is 9.06. The van der Waals surface area contributed by atoms with Gasteiger partial charge in [-0.15, -0.1) is 13.2 Å². The zero-order chi connectivity index (χ0) is 27.1. The number of ether oxygens (including phenoxy) is 5. The van der Waals surface area contributed by atoms with Crippen LogP contribution in [0.25, 0.3) is 0 Å². The van der Waals surface area contributed by atoms with Gasteiger partial charge in [-0.25, -0.2) is 4.79 Å².